The Bertz CT molecular complexity index is 1450. The van der Waals surface area contributed by atoms with Gasteiger partial charge in [0, 0.05) is 48.4 Å². The van der Waals surface area contributed by atoms with Gasteiger partial charge >= 0.3 is 5.97 Å². The van der Waals surface area contributed by atoms with Gasteiger partial charge in [-0.25, -0.2) is 15.0 Å². The van der Waals surface area contributed by atoms with Crippen LogP contribution in [0.3, 0.4) is 0 Å². The Morgan fingerprint density at radius 2 is 1.90 bits per heavy atom. The molecule has 4 heterocycles. The molecule has 0 radical (unpaired) electrons. The Kier molecular flexibility index (Phi) is 9.39. The Morgan fingerprint density at radius 3 is 2.54 bits per heavy atom. The van der Waals surface area contributed by atoms with E-state index in [1.807, 2.05) is 42.8 Å². The highest BCUT2D eigenvalue weighted by atomic mass is 32.1. The maximum Gasteiger partial charge on any atom is 0.357 e. The van der Waals surface area contributed by atoms with Gasteiger partial charge in [0.2, 0.25) is 0 Å². The van der Waals surface area contributed by atoms with E-state index in [0.717, 1.165) is 42.5 Å². The predicted octanol–water partition coefficient (Wildman–Crippen LogP) is 5.57. The molecule has 200 valence electrons. The molecule has 1 amide bonds. The van der Waals surface area contributed by atoms with E-state index < -0.39 is 5.97 Å². The summed E-state index contributed by atoms with van der Waals surface area (Å²) in [4.78, 5) is 33.0. The number of benzene rings is 1. The standard InChI is InChI=1S/C27H26BN5O3S.C2H6/c1-2-36-27(35)24-23(20-9-15-37-17-20)31-25-22(4-3-12-33(24)25)26(34)30-16-19-5-7-21(8-6-19)32-13-10-28(18-29)11-14-32;1-2/h3-9,12,15,17H,2,10-11,13-14,16H2,1H3,(H,30,34);1-2H3. The molecule has 4 aromatic rings. The van der Waals surface area contributed by atoms with Crippen molar-refractivity contribution in [2.75, 3.05) is 24.6 Å². The minimum atomic E-state index is -0.481. The van der Waals surface area contributed by atoms with Crippen LogP contribution in [0.4, 0.5) is 5.69 Å². The second-order valence-electron chi connectivity index (χ2n) is 8.90. The molecule has 3 aromatic heterocycles. The van der Waals surface area contributed by atoms with Crippen LogP contribution >= 0.6 is 11.3 Å². The Labute approximate surface area is 233 Å². The smallest absolute Gasteiger partial charge is 0.357 e. The van der Waals surface area contributed by atoms with Gasteiger partial charge in [-0.1, -0.05) is 26.0 Å². The van der Waals surface area contributed by atoms with Gasteiger partial charge in [-0.2, -0.15) is 11.3 Å². The highest BCUT2D eigenvalue weighted by molar-refractivity contribution is 7.08. The number of carbonyl (C=O) groups excluding carboxylic acids is 2. The van der Waals surface area contributed by atoms with Crippen LogP contribution in [-0.2, 0) is 11.3 Å². The third kappa shape index (κ3) is 6.15. The number of nitrogens with one attached hydrogen (secondary N) is 1. The van der Waals surface area contributed by atoms with E-state index in [4.69, 9.17) is 15.0 Å². The highest BCUT2D eigenvalue weighted by Crippen LogP contribution is 2.28. The fraction of sp³-hybridized carbons (Fsp3) is 0.310. The van der Waals surface area contributed by atoms with Crippen molar-refractivity contribution >= 4 is 41.3 Å². The molecule has 0 spiro atoms. The van der Waals surface area contributed by atoms with Gasteiger partial charge in [0.25, 0.3) is 12.6 Å². The van der Waals surface area contributed by atoms with Crippen molar-refractivity contribution in [2.45, 2.75) is 40.0 Å². The first-order chi connectivity index (χ1) is 19.1. The van der Waals surface area contributed by atoms with Gasteiger partial charge in [-0.3, -0.25) is 9.20 Å². The second kappa shape index (κ2) is 13.1. The number of hydrogen-bond acceptors (Lipinski definition) is 7. The molecule has 39 heavy (non-hydrogen) atoms. The number of thiophene rings is 1. The summed E-state index contributed by atoms with van der Waals surface area (Å²) in [6.07, 6.45) is 3.50. The molecule has 0 bridgehead atoms. The molecule has 1 aromatic carbocycles. The molecular weight excluding hydrogens is 509 g/mol. The summed E-state index contributed by atoms with van der Waals surface area (Å²) in [5.74, 6) is 1.61. The van der Waals surface area contributed by atoms with Crippen molar-refractivity contribution in [3.05, 3.63) is 76.2 Å². The Morgan fingerprint density at radius 1 is 1.15 bits per heavy atom. The summed E-state index contributed by atoms with van der Waals surface area (Å²) in [6.45, 7) is 8.27. The van der Waals surface area contributed by atoms with E-state index in [2.05, 4.69) is 28.3 Å². The van der Waals surface area contributed by atoms with Gasteiger partial charge in [-0.15, -0.1) is 0 Å². The van der Waals surface area contributed by atoms with Crippen molar-refractivity contribution in [1.82, 2.24) is 14.7 Å². The van der Waals surface area contributed by atoms with E-state index in [9.17, 15) is 9.59 Å². The summed E-state index contributed by atoms with van der Waals surface area (Å²) < 4.78 is 6.92. The van der Waals surface area contributed by atoms with Crippen LogP contribution in [0.2, 0.25) is 12.6 Å². The molecule has 1 saturated heterocycles. The highest BCUT2D eigenvalue weighted by Gasteiger charge is 2.25. The number of hydrogen-bond donors (Lipinski definition) is 1. The van der Waals surface area contributed by atoms with Crippen LogP contribution in [0.15, 0.2) is 59.4 Å². The second-order valence-corrected chi connectivity index (χ2v) is 9.68. The molecule has 1 aliphatic heterocycles. The van der Waals surface area contributed by atoms with E-state index >= 15 is 0 Å². The number of imidazole rings is 1. The first kappa shape index (κ1) is 27.9. The molecule has 1 fully saturated rings. The largest absolute Gasteiger partial charge is 0.461 e. The monoisotopic (exact) mass is 541 g/mol. The summed E-state index contributed by atoms with van der Waals surface area (Å²) in [5.41, 5.74) is 4.49. The van der Waals surface area contributed by atoms with Gasteiger partial charge in [-0.05, 0) is 60.8 Å². The lowest BCUT2D eigenvalue weighted by atomic mass is 9.45. The first-order valence-electron chi connectivity index (χ1n) is 13.3. The number of esters is 1. The molecule has 8 nitrogen and oxygen atoms in total. The van der Waals surface area contributed by atoms with Gasteiger partial charge in [0.1, 0.15) is 5.69 Å². The molecule has 1 N–H and O–H groups in total. The minimum absolute atomic E-state index is 0.153. The van der Waals surface area contributed by atoms with Crippen molar-refractivity contribution in [3.63, 3.8) is 0 Å². The van der Waals surface area contributed by atoms with Crippen molar-refractivity contribution in [2.24, 2.45) is 0 Å². The number of nitrogens with zero attached hydrogens (tertiary/aromatic N) is 4. The van der Waals surface area contributed by atoms with Crippen LogP contribution in [0.1, 0.15) is 47.2 Å². The molecule has 0 saturated carbocycles. The number of aromatic nitrogens is 2. The molecule has 5 rings (SSSR count). The SMILES string of the molecule is CC.CCOC(=O)c1c(-c2ccsc2)nc2c(C(=O)NCc3ccc(N4CCB(C#N)CC4)cc3)cccn12. The molecule has 10 heteroatoms. The number of rotatable bonds is 7. The number of amides is 1. The Balaban J connectivity index is 0.00000172. The van der Waals surface area contributed by atoms with E-state index in [-0.39, 0.29) is 19.2 Å². The third-order valence-electron chi connectivity index (χ3n) is 6.59. The number of anilines is 1. The molecule has 0 aliphatic carbocycles. The zero-order valence-corrected chi connectivity index (χ0v) is 23.3. The fourth-order valence-electron chi connectivity index (χ4n) is 4.61. The van der Waals surface area contributed by atoms with Crippen LogP contribution in [0.5, 0.6) is 0 Å². The summed E-state index contributed by atoms with van der Waals surface area (Å²) in [6, 6.07) is 13.5. The lowest BCUT2D eigenvalue weighted by Crippen LogP contribution is -2.36. The maximum absolute atomic E-state index is 13.2. The predicted molar refractivity (Wildman–Crippen MR) is 157 cm³/mol. The van der Waals surface area contributed by atoms with E-state index in [0.29, 0.717) is 29.1 Å². The summed E-state index contributed by atoms with van der Waals surface area (Å²) in [7, 11) is 0. The average molecular weight is 541 g/mol. The summed E-state index contributed by atoms with van der Waals surface area (Å²) >= 11 is 1.51. The van der Waals surface area contributed by atoms with Gasteiger partial charge < -0.3 is 15.0 Å². The van der Waals surface area contributed by atoms with E-state index in [1.54, 1.807) is 29.7 Å². The average Bonchev–Trinajstić information content (AvgIpc) is 3.66. The number of fused-ring (bicyclic) bond motifs is 1. The molecule has 1 aliphatic rings. The van der Waals surface area contributed by atoms with E-state index in [1.165, 1.54) is 11.3 Å². The fourth-order valence-corrected chi connectivity index (χ4v) is 5.25. The van der Waals surface area contributed by atoms with Gasteiger partial charge in [0.05, 0.1) is 12.2 Å². The Hall–Kier alpha value is -4.10. The van der Waals surface area contributed by atoms with Crippen LogP contribution in [0, 0.1) is 11.2 Å². The number of pyridine rings is 1. The lowest BCUT2D eigenvalue weighted by molar-refractivity contribution is 0.0519. The quantitative estimate of drug-likeness (QED) is 0.243. The van der Waals surface area contributed by atoms with Crippen molar-refractivity contribution in [1.29, 1.82) is 5.26 Å². The van der Waals surface area contributed by atoms with Gasteiger partial charge in [0.15, 0.2) is 11.3 Å². The lowest BCUT2D eigenvalue weighted by Gasteiger charge is -2.30. The van der Waals surface area contributed by atoms with Crippen molar-refractivity contribution in [3.8, 4) is 17.2 Å². The zero-order valence-electron chi connectivity index (χ0n) is 22.5. The normalized spacial score (nSPS) is 12.9. The van der Waals surface area contributed by atoms with Crippen LogP contribution in [0.25, 0.3) is 16.9 Å². The molecule has 0 atom stereocenters. The van der Waals surface area contributed by atoms with Crippen molar-refractivity contribution < 1.29 is 14.3 Å². The number of nitriles is 1. The van der Waals surface area contributed by atoms with Crippen LogP contribution < -0.4 is 10.2 Å². The van der Waals surface area contributed by atoms with Crippen LogP contribution in [-0.4, -0.2) is 47.7 Å². The summed E-state index contributed by atoms with van der Waals surface area (Å²) in [5, 5.41) is 15.9. The third-order valence-corrected chi connectivity index (χ3v) is 7.27. The maximum atomic E-state index is 13.2. The zero-order chi connectivity index (χ0) is 27.8. The molecule has 0 unspecified atom stereocenters. The topological polar surface area (TPSA) is 99.7 Å². The number of carbonyl (C=O) groups is 2. The molecular formula is C29H32BN5O3S. The first-order valence-corrected chi connectivity index (χ1v) is 14.3. The minimum Gasteiger partial charge on any atom is -0.461 e. The number of ether oxygens (including phenoxy) is 1.